The maximum absolute atomic E-state index is 14.6. The number of alkyl halides is 3. The smallest absolute Gasteiger partial charge is 0.417 e. The average Bonchev–Trinajstić information content (AvgIpc) is 3.54. The molecule has 0 radical (unpaired) electrons. The van der Waals surface area contributed by atoms with Gasteiger partial charge >= 0.3 is 6.18 Å². The first-order chi connectivity index (χ1) is 16.5. The van der Waals surface area contributed by atoms with E-state index in [0.717, 1.165) is 25.7 Å². The lowest BCUT2D eigenvalue weighted by molar-refractivity contribution is -0.275. The normalized spacial score (nSPS) is 24.9. The van der Waals surface area contributed by atoms with Crippen LogP contribution in [0.5, 0.6) is 5.75 Å². The molecule has 0 aliphatic carbocycles. The SMILES string of the molecule is COc1c([C@H]2[C@H](c3nc4ccc(-c5ncc[nH]5)cc4[nH]3)O[C@@](C)(C(F)(F)F)[C@H]2C)ccc(F)c1F. The zero-order valence-electron chi connectivity index (χ0n) is 18.9. The van der Waals surface area contributed by atoms with Crippen LogP contribution in [-0.2, 0) is 4.74 Å². The minimum absolute atomic E-state index is 0.0635. The minimum Gasteiger partial charge on any atom is -0.493 e. The standard InChI is InChI=1S/C24H21F5N4O2/c1-11-17(13-5-6-14(25)18(26)19(13)34-3)20(35-23(11,2)24(27,28)29)22-32-15-7-4-12(10-16(15)33-22)21-30-8-9-31-21/h4-11,17,20H,1-3H3,(H,30,31)(H,32,33)/t11-,17-,20+,23+/m0/s1. The maximum Gasteiger partial charge on any atom is 0.417 e. The number of hydrogen-bond donors (Lipinski definition) is 2. The van der Waals surface area contributed by atoms with Crippen molar-refractivity contribution in [2.75, 3.05) is 7.11 Å². The molecule has 6 nitrogen and oxygen atoms in total. The molecule has 184 valence electrons. The highest BCUT2D eigenvalue weighted by Crippen LogP contribution is 2.59. The third-order valence-corrected chi connectivity index (χ3v) is 6.85. The van der Waals surface area contributed by atoms with Gasteiger partial charge in [0.2, 0.25) is 5.82 Å². The van der Waals surface area contributed by atoms with Crippen LogP contribution in [-0.4, -0.2) is 38.8 Å². The number of nitrogens with one attached hydrogen (secondary N) is 2. The van der Waals surface area contributed by atoms with E-state index in [4.69, 9.17) is 9.47 Å². The Morgan fingerprint density at radius 1 is 1.14 bits per heavy atom. The Labute approximate surface area is 196 Å². The topological polar surface area (TPSA) is 75.8 Å². The summed E-state index contributed by atoms with van der Waals surface area (Å²) < 4.78 is 81.7. The molecule has 0 spiro atoms. The number of rotatable bonds is 4. The number of hydrogen-bond acceptors (Lipinski definition) is 4. The van der Waals surface area contributed by atoms with Crippen LogP contribution < -0.4 is 4.74 Å². The van der Waals surface area contributed by atoms with E-state index in [2.05, 4.69) is 19.9 Å². The van der Waals surface area contributed by atoms with Crippen LogP contribution in [0, 0.1) is 17.6 Å². The van der Waals surface area contributed by atoms with Gasteiger partial charge in [0.25, 0.3) is 0 Å². The second-order valence-corrected chi connectivity index (χ2v) is 8.73. The number of nitrogens with zero attached hydrogens (tertiary/aromatic N) is 2. The molecule has 0 amide bonds. The molecule has 11 heteroatoms. The van der Waals surface area contributed by atoms with Gasteiger partial charge in [-0.3, -0.25) is 0 Å². The van der Waals surface area contributed by atoms with E-state index in [9.17, 15) is 22.0 Å². The Morgan fingerprint density at radius 3 is 2.57 bits per heavy atom. The molecule has 2 N–H and O–H groups in total. The van der Waals surface area contributed by atoms with Crippen molar-refractivity contribution >= 4 is 11.0 Å². The van der Waals surface area contributed by atoms with E-state index in [1.54, 1.807) is 30.6 Å². The Morgan fingerprint density at radius 2 is 1.91 bits per heavy atom. The number of imidazole rings is 2. The molecule has 1 aliphatic heterocycles. The first-order valence-electron chi connectivity index (χ1n) is 10.8. The van der Waals surface area contributed by atoms with Crippen molar-refractivity contribution in [3.05, 3.63) is 65.7 Å². The lowest BCUT2D eigenvalue weighted by Gasteiger charge is -2.32. The van der Waals surface area contributed by atoms with Crippen LogP contribution in [0.3, 0.4) is 0 Å². The van der Waals surface area contributed by atoms with Gasteiger partial charge in [0.15, 0.2) is 17.2 Å². The maximum atomic E-state index is 14.6. The molecular weight excluding hydrogens is 471 g/mol. The van der Waals surface area contributed by atoms with Crippen molar-refractivity contribution in [2.45, 2.75) is 37.6 Å². The van der Waals surface area contributed by atoms with E-state index in [-0.39, 0.29) is 11.4 Å². The number of aromatic amines is 2. The largest absolute Gasteiger partial charge is 0.493 e. The molecule has 1 aliphatic rings. The van der Waals surface area contributed by atoms with Gasteiger partial charge in [-0.05, 0) is 31.2 Å². The monoisotopic (exact) mass is 492 g/mol. The van der Waals surface area contributed by atoms with Gasteiger partial charge in [-0.25, -0.2) is 14.4 Å². The quantitative estimate of drug-likeness (QED) is 0.340. The second-order valence-electron chi connectivity index (χ2n) is 8.73. The molecule has 2 aromatic carbocycles. The van der Waals surface area contributed by atoms with Crippen molar-refractivity contribution in [2.24, 2.45) is 5.92 Å². The molecule has 3 heterocycles. The summed E-state index contributed by atoms with van der Waals surface area (Å²) in [6.07, 6.45) is -2.70. The number of benzene rings is 2. The fourth-order valence-corrected chi connectivity index (χ4v) is 4.78. The average molecular weight is 492 g/mol. The van der Waals surface area contributed by atoms with Gasteiger partial charge in [0.05, 0.1) is 18.1 Å². The first-order valence-corrected chi connectivity index (χ1v) is 10.8. The number of methoxy groups -OCH3 is 1. The van der Waals surface area contributed by atoms with Gasteiger partial charge in [0, 0.05) is 35.4 Å². The van der Waals surface area contributed by atoms with Crippen LogP contribution in [0.1, 0.15) is 37.3 Å². The van der Waals surface area contributed by atoms with E-state index >= 15 is 0 Å². The Bertz CT molecular complexity index is 1380. The van der Waals surface area contributed by atoms with Crippen molar-refractivity contribution in [3.63, 3.8) is 0 Å². The Kier molecular flexibility index (Phi) is 5.35. The fourth-order valence-electron chi connectivity index (χ4n) is 4.78. The van der Waals surface area contributed by atoms with Crippen molar-refractivity contribution in [1.82, 2.24) is 19.9 Å². The molecule has 0 bridgehead atoms. The molecule has 0 saturated carbocycles. The molecular formula is C24H21F5N4O2. The number of ether oxygens (including phenoxy) is 2. The highest BCUT2D eigenvalue weighted by molar-refractivity contribution is 5.80. The number of H-pyrrole nitrogens is 2. The first kappa shape index (κ1) is 23.3. The van der Waals surface area contributed by atoms with Gasteiger partial charge in [0.1, 0.15) is 17.8 Å². The zero-order chi connectivity index (χ0) is 25.1. The molecule has 5 rings (SSSR count). The molecule has 35 heavy (non-hydrogen) atoms. The van der Waals surface area contributed by atoms with Crippen molar-refractivity contribution in [3.8, 4) is 17.1 Å². The van der Waals surface area contributed by atoms with E-state index in [1.165, 1.54) is 13.0 Å². The van der Waals surface area contributed by atoms with Crippen LogP contribution in [0.15, 0.2) is 42.7 Å². The van der Waals surface area contributed by atoms with Gasteiger partial charge in [-0.2, -0.15) is 17.6 Å². The molecule has 1 saturated heterocycles. The highest BCUT2D eigenvalue weighted by atomic mass is 19.4. The summed E-state index contributed by atoms with van der Waals surface area (Å²) in [4.78, 5) is 14.7. The highest BCUT2D eigenvalue weighted by Gasteiger charge is 2.65. The summed E-state index contributed by atoms with van der Waals surface area (Å²) in [6, 6.07) is 7.35. The molecule has 1 fully saturated rings. The Hall–Kier alpha value is -3.47. The molecule has 4 aromatic rings. The minimum atomic E-state index is -4.73. The molecule has 4 atom stereocenters. The summed E-state index contributed by atoms with van der Waals surface area (Å²) in [6.45, 7) is 2.32. The lowest BCUT2D eigenvalue weighted by Crippen LogP contribution is -2.46. The van der Waals surface area contributed by atoms with E-state index in [0.29, 0.717) is 16.9 Å². The van der Waals surface area contributed by atoms with Gasteiger partial charge in [-0.1, -0.05) is 13.0 Å². The van der Waals surface area contributed by atoms with E-state index < -0.39 is 47.1 Å². The number of halogens is 5. The summed E-state index contributed by atoms with van der Waals surface area (Å²) in [5, 5.41) is 0. The zero-order valence-corrected chi connectivity index (χ0v) is 18.9. The van der Waals surface area contributed by atoms with Crippen LogP contribution in [0.4, 0.5) is 22.0 Å². The Balaban J connectivity index is 1.66. The third-order valence-electron chi connectivity index (χ3n) is 6.85. The second kappa shape index (κ2) is 8.04. The van der Waals surface area contributed by atoms with E-state index in [1.807, 2.05) is 0 Å². The summed E-state index contributed by atoms with van der Waals surface area (Å²) in [5.74, 6) is -4.38. The van der Waals surface area contributed by atoms with Crippen LogP contribution in [0.2, 0.25) is 0 Å². The lowest BCUT2D eigenvalue weighted by atomic mass is 9.77. The third kappa shape index (κ3) is 3.56. The fraction of sp³-hybridized carbons (Fsp3) is 0.333. The summed E-state index contributed by atoms with van der Waals surface area (Å²) >= 11 is 0. The summed E-state index contributed by atoms with van der Waals surface area (Å²) in [7, 11) is 1.14. The number of fused-ring (bicyclic) bond motifs is 1. The predicted molar refractivity (Wildman–Crippen MR) is 117 cm³/mol. The molecule has 2 aromatic heterocycles. The summed E-state index contributed by atoms with van der Waals surface area (Å²) in [5.41, 5.74) is -0.702. The van der Waals surface area contributed by atoms with Gasteiger partial charge < -0.3 is 19.4 Å². The molecule has 0 unspecified atom stereocenters. The van der Waals surface area contributed by atoms with Gasteiger partial charge in [-0.15, -0.1) is 0 Å². The van der Waals surface area contributed by atoms with Crippen LogP contribution in [0.25, 0.3) is 22.4 Å². The predicted octanol–water partition coefficient (Wildman–Crippen LogP) is 6.05. The van der Waals surface area contributed by atoms with Crippen molar-refractivity contribution in [1.29, 1.82) is 0 Å². The van der Waals surface area contributed by atoms with Crippen LogP contribution >= 0.6 is 0 Å². The number of aromatic nitrogens is 4. The van der Waals surface area contributed by atoms with Crippen molar-refractivity contribution < 1.29 is 31.4 Å².